The summed E-state index contributed by atoms with van der Waals surface area (Å²) in [6.07, 6.45) is 2.65. The first-order valence-electron chi connectivity index (χ1n) is 11.0. The highest BCUT2D eigenvalue weighted by Gasteiger charge is 2.30. The summed E-state index contributed by atoms with van der Waals surface area (Å²) in [5, 5.41) is 6.92. The molecule has 3 aromatic carbocycles. The Kier molecular flexibility index (Phi) is 6.94. The van der Waals surface area contributed by atoms with E-state index in [4.69, 9.17) is 0 Å². The van der Waals surface area contributed by atoms with Crippen LogP contribution in [0.4, 0.5) is 0 Å². The number of hydrogen-bond acceptors (Lipinski definition) is 2. The van der Waals surface area contributed by atoms with E-state index >= 15 is 0 Å². The van der Waals surface area contributed by atoms with Crippen LogP contribution in [0.25, 0.3) is 0 Å². The number of rotatable bonds is 7. The lowest BCUT2D eigenvalue weighted by molar-refractivity contribution is -0.123. The van der Waals surface area contributed by atoms with E-state index in [9.17, 15) is 4.79 Å². The first kappa shape index (κ1) is 20.4. The van der Waals surface area contributed by atoms with E-state index in [1.807, 2.05) is 30.3 Å². The number of carbonyl (C=O) groups is 1. The molecule has 2 N–H and O–H groups in total. The SMILES string of the molecule is O=C(NC1CCNCC1c1ccccc1)C(CCc1ccccc1)c1ccccc1. The predicted octanol–water partition coefficient (Wildman–Crippen LogP) is 4.66. The minimum Gasteiger partial charge on any atom is -0.352 e. The molecule has 0 aliphatic carbocycles. The normalized spacial score (nSPS) is 19.7. The molecule has 0 spiro atoms. The van der Waals surface area contributed by atoms with Crippen molar-refractivity contribution in [3.63, 3.8) is 0 Å². The molecule has 1 amide bonds. The molecule has 1 fully saturated rings. The molecule has 0 saturated carbocycles. The van der Waals surface area contributed by atoms with Crippen LogP contribution in [0.3, 0.4) is 0 Å². The monoisotopic (exact) mass is 398 g/mol. The maximum absolute atomic E-state index is 13.5. The van der Waals surface area contributed by atoms with E-state index in [2.05, 4.69) is 71.3 Å². The van der Waals surface area contributed by atoms with Gasteiger partial charge in [0.15, 0.2) is 0 Å². The van der Waals surface area contributed by atoms with Gasteiger partial charge in [0.1, 0.15) is 0 Å². The largest absolute Gasteiger partial charge is 0.352 e. The third kappa shape index (κ3) is 5.17. The molecule has 3 unspecified atom stereocenters. The second-order valence-corrected chi connectivity index (χ2v) is 8.11. The second kappa shape index (κ2) is 10.2. The molecule has 1 aliphatic heterocycles. The fourth-order valence-corrected chi connectivity index (χ4v) is 4.46. The molecule has 3 heteroatoms. The average molecular weight is 399 g/mol. The Morgan fingerprint density at radius 3 is 2.23 bits per heavy atom. The van der Waals surface area contributed by atoms with Gasteiger partial charge in [0.2, 0.25) is 5.91 Å². The number of piperidine rings is 1. The van der Waals surface area contributed by atoms with Gasteiger partial charge in [-0.2, -0.15) is 0 Å². The zero-order valence-corrected chi connectivity index (χ0v) is 17.3. The van der Waals surface area contributed by atoms with Crippen LogP contribution in [0.5, 0.6) is 0 Å². The number of benzene rings is 3. The van der Waals surface area contributed by atoms with Crippen LogP contribution < -0.4 is 10.6 Å². The maximum Gasteiger partial charge on any atom is 0.227 e. The standard InChI is InChI=1S/C27H30N2O/c30-27(29-26-18-19-28-20-25(26)23-14-8-3-9-15-23)24(22-12-6-2-7-13-22)17-16-21-10-4-1-5-11-21/h1-15,24-26,28H,16-20H2,(H,29,30). The van der Waals surface area contributed by atoms with Crippen LogP contribution in [-0.2, 0) is 11.2 Å². The van der Waals surface area contributed by atoms with Gasteiger partial charge in [0.05, 0.1) is 5.92 Å². The highest BCUT2D eigenvalue weighted by Crippen LogP contribution is 2.27. The minimum absolute atomic E-state index is 0.141. The average Bonchev–Trinajstić information content (AvgIpc) is 2.81. The molecule has 0 bridgehead atoms. The van der Waals surface area contributed by atoms with Crippen molar-refractivity contribution in [2.24, 2.45) is 0 Å². The highest BCUT2D eigenvalue weighted by molar-refractivity contribution is 5.84. The number of aryl methyl sites for hydroxylation is 1. The summed E-state index contributed by atoms with van der Waals surface area (Å²) >= 11 is 0. The lowest BCUT2D eigenvalue weighted by atomic mass is 9.85. The topological polar surface area (TPSA) is 41.1 Å². The van der Waals surface area contributed by atoms with Gasteiger partial charge < -0.3 is 10.6 Å². The molecule has 4 rings (SSSR count). The predicted molar refractivity (Wildman–Crippen MR) is 123 cm³/mol. The van der Waals surface area contributed by atoms with E-state index in [0.29, 0.717) is 5.92 Å². The van der Waals surface area contributed by atoms with Crippen LogP contribution in [0.2, 0.25) is 0 Å². The maximum atomic E-state index is 13.5. The van der Waals surface area contributed by atoms with Crippen molar-refractivity contribution in [1.29, 1.82) is 0 Å². The lowest BCUT2D eigenvalue weighted by Gasteiger charge is -2.34. The van der Waals surface area contributed by atoms with E-state index in [0.717, 1.165) is 37.9 Å². The van der Waals surface area contributed by atoms with E-state index in [-0.39, 0.29) is 17.9 Å². The van der Waals surface area contributed by atoms with Crippen molar-refractivity contribution >= 4 is 5.91 Å². The van der Waals surface area contributed by atoms with Gasteiger partial charge in [-0.25, -0.2) is 0 Å². The van der Waals surface area contributed by atoms with Crippen LogP contribution in [0.1, 0.15) is 41.4 Å². The first-order chi connectivity index (χ1) is 14.8. The van der Waals surface area contributed by atoms with Gasteiger partial charge in [0.25, 0.3) is 0 Å². The lowest BCUT2D eigenvalue weighted by Crippen LogP contribution is -2.49. The molecular weight excluding hydrogens is 368 g/mol. The Bertz CT molecular complexity index is 911. The summed E-state index contributed by atoms with van der Waals surface area (Å²) in [6.45, 7) is 1.84. The Hall–Kier alpha value is -2.91. The molecule has 1 saturated heterocycles. The smallest absolute Gasteiger partial charge is 0.227 e. The van der Waals surface area contributed by atoms with Crippen molar-refractivity contribution in [2.45, 2.75) is 37.1 Å². The Labute approximate surface area is 179 Å². The fourth-order valence-electron chi connectivity index (χ4n) is 4.46. The number of nitrogens with one attached hydrogen (secondary N) is 2. The van der Waals surface area contributed by atoms with Gasteiger partial charge in [-0.05, 0) is 42.5 Å². The summed E-state index contributed by atoms with van der Waals surface area (Å²) in [4.78, 5) is 13.5. The highest BCUT2D eigenvalue weighted by atomic mass is 16.1. The molecule has 3 aromatic rings. The minimum atomic E-state index is -0.141. The van der Waals surface area contributed by atoms with Crippen LogP contribution in [0, 0.1) is 0 Å². The number of hydrogen-bond donors (Lipinski definition) is 2. The van der Waals surface area contributed by atoms with Crippen molar-refractivity contribution in [3.8, 4) is 0 Å². The van der Waals surface area contributed by atoms with Crippen LogP contribution in [-0.4, -0.2) is 25.0 Å². The van der Waals surface area contributed by atoms with Crippen molar-refractivity contribution < 1.29 is 4.79 Å². The zero-order valence-electron chi connectivity index (χ0n) is 17.3. The summed E-state index contributed by atoms with van der Waals surface area (Å²) in [6, 6.07) is 31.3. The summed E-state index contributed by atoms with van der Waals surface area (Å²) < 4.78 is 0. The zero-order chi connectivity index (χ0) is 20.6. The third-order valence-electron chi connectivity index (χ3n) is 6.12. The molecule has 3 atom stereocenters. The second-order valence-electron chi connectivity index (χ2n) is 8.11. The quantitative estimate of drug-likeness (QED) is 0.607. The van der Waals surface area contributed by atoms with E-state index in [1.54, 1.807) is 0 Å². The fraction of sp³-hybridized carbons (Fsp3) is 0.296. The van der Waals surface area contributed by atoms with Gasteiger partial charge in [0, 0.05) is 18.5 Å². The molecule has 1 aliphatic rings. The molecular formula is C27H30N2O. The van der Waals surface area contributed by atoms with E-state index in [1.165, 1.54) is 11.1 Å². The summed E-state index contributed by atoms with van der Waals surface area (Å²) in [7, 11) is 0. The molecule has 0 radical (unpaired) electrons. The molecule has 3 nitrogen and oxygen atoms in total. The van der Waals surface area contributed by atoms with Gasteiger partial charge in [-0.1, -0.05) is 91.0 Å². The number of carbonyl (C=O) groups excluding carboxylic acids is 1. The van der Waals surface area contributed by atoms with Gasteiger partial charge in [-0.15, -0.1) is 0 Å². The Morgan fingerprint density at radius 2 is 1.53 bits per heavy atom. The van der Waals surface area contributed by atoms with Crippen molar-refractivity contribution in [2.75, 3.05) is 13.1 Å². The Balaban J connectivity index is 1.50. The molecule has 1 heterocycles. The molecule has 30 heavy (non-hydrogen) atoms. The molecule has 0 aromatic heterocycles. The summed E-state index contributed by atoms with van der Waals surface area (Å²) in [5.74, 6) is 0.303. The van der Waals surface area contributed by atoms with Gasteiger partial charge in [-0.3, -0.25) is 4.79 Å². The van der Waals surface area contributed by atoms with Crippen LogP contribution >= 0.6 is 0 Å². The van der Waals surface area contributed by atoms with Gasteiger partial charge >= 0.3 is 0 Å². The summed E-state index contributed by atoms with van der Waals surface area (Å²) in [5.41, 5.74) is 3.65. The third-order valence-corrected chi connectivity index (χ3v) is 6.12. The number of amides is 1. The first-order valence-corrected chi connectivity index (χ1v) is 11.0. The molecule has 154 valence electrons. The Morgan fingerprint density at radius 1 is 0.900 bits per heavy atom. The van der Waals surface area contributed by atoms with Crippen molar-refractivity contribution in [1.82, 2.24) is 10.6 Å². The van der Waals surface area contributed by atoms with Crippen molar-refractivity contribution in [3.05, 3.63) is 108 Å². The van der Waals surface area contributed by atoms with Crippen LogP contribution in [0.15, 0.2) is 91.0 Å². The van der Waals surface area contributed by atoms with E-state index < -0.39 is 0 Å².